The second-order valence-corrected chi connectivity index (χ2v) is 12.2. The number of ether oxygens (including phenoxy) is 1. The van der Waals surface area contributed by atoms with Gasteiger partial charge < -0.3 is 15.0 Å². The van der Waals surface area contributed by atoms with Gasteiger partial charge in [0.15, 0.2) is 0 Å². The van der Waals surface area contributed by atoms with Crippen LogP contribution < -0.4 is 14.4 Å². The van der Waals surface area contributed by atoms with E-state index in [1.807, 2.05) is 50.2 Å². The lowest BCUT2D eigenvalue weighted by Gasteiger charge is -2.32. The molecule has 2 aromatic carbocycles. The minimum absolute atomic E-state index is 0.121. The zero-order valence-corrected chi connectivity index (χ0v) is 24.5. The van der Waals surface area contributed by atoms with Gasteiger partial charge in [-0.1, -0.05) is 51.0 Å². The zero-order chi connectivity index (χ0) is 28.4. The molecule has 0 radical (unpaired) electrons. The van der Waals surface area contributed by atoms with Crippen LogP contribution in [0.2, 0.25) is 0 Å². The van der Waals surface area contributed by atoms with Crippen molar-refractivity contribution in [2.24, 2.45) is 0 Å². The average Bonchev–Trinajstić information content (AvgIpc) is 3.43. The van der Waals surface area contributed by atoms with E-state index in [2.05, 4.69) is 5.32 Å². The first-order valence-electron chi connectivity index (χ1n) is 14.0. The molecule has 0 aliphatic heterocycles. The molecule has 0 spiro atoms. The summed E-state index contributed by atoms with van der Waals surface area (Å²) in [5.41, 5.74) is 2.57. The van der Waals surface area contributed by atoms with E-state index < -0.39 is 16.1 Å². The molecule has 214 valence electrons. The van der Waals surface area contributed by atoms with Crippen LogP contribution in [0, 0.1) is 0 Å². The van der Waals surface area contributed by atoms with E-state index in [9.17, 15) is 18.0 Å². The van der Waals surface area contributed by atoms with Crippen molar-refractivity contribution in [1.82, 2.24) is 10.2 Å². The number of carbonyl (C=O) groups is 2. The van der Waals surface area contributed by atoms with Crippen LogP contribution in [0.1, 0.15) is 69.9 Å². The van der Waals surface area contributed by atoms with Crippen LogP contribution >= 0.6 is 0 Å². The molecule has 1 saturated carbocycles. The zero-order valence-electron chi connectivity index (χ0n) is 23.7. The van der Waals surface area contributed by atoms with Crippen LogP contribution in [0.25, 0.3) is 0 Å². The molecule has 8 nitrogen and oxygen atoms in total. The molecule has 1 aliphatic rings. The summed E-state index contributed by atoms with van der Waals surface area (Å²) in [6, 6.07) is 14.5. The summed E-state index contributed by atoms with van der Waals surface area (Å²) in [5.74, 6) is 0.372. The second-order valence-electron chi connectivity index (χ2n) is 10.2. The van der Waals surface area contributed by atoms with Gasteiger partial charge in [0, 0.05) is 25.6 Å². The van der Waals surface area contributed by atoms with Crippen LogP contribution in [0.15, 0.2) is 48.5 Å². The molecule has 0 bridgehead atoms. The third-order valence-corrected chi connectivity index (χ3v) is 8.55. The third kappa shape index (κ3) is 8.71. The Kier molecular flexibility index (Phi) is 11.2. The number of benzene rings is 2. The van der Waals surface area contributed by atoms with Crippen molar-refractivity contribution in [1.29, 1.82) is 0 Å². The molecule has 0 aromatic heterocycles. The molecule has 0 heterocycles. The van der Waals surface area contributed by atoms with E-state index in [1.165, 1.54) is 10.6 Å². The Balaban J connectivity index is 1.76. The topological polar surface area (TPSA) is 96.0 Å². The third-order valence-electron chi connectivity index (χ3n) is 7.36. The van der Waals surface area contributed by atoms with Crippen molar-refractivity contribution >= 4 is 27.5 Å². The Morgan fingerprint density at radius 1 is 1.05 bits per heavy atom. The Labute approximate surface area is 233 Å². The summed E-state index contributed by atoms with van der Waals surface area (Å²) in [4.78, 5) is 28.6. The number of nitrogens with zero attached hydrogens (tertiary/aromatic N) is 2. The van der Waals surface area contributed by atoms with Crippen molar-refractivity contribution in [3.63, 3.8) is 0 Å². The highest BCUT2D eigenvalue weighted by molar-refractivity contribution is 7.92. The number of methoxy groups -OCH3 is 1. The van der Waals surface area contributed by atoms with E-state index in [1.54, 1.807) is 24.1 Å². The molecule has 9 heteroatoms. The first kappa shape index (κ1) is 30.5. The highest BCUT2D eigenvalue weighted by Crippen LogP contribution is 2.23. The number of sulfonamides is 1. The van der Waals surface area contributed by atoms with Gasteiger partial charge in [-0.25, -0.2) is 8.42 Å². The van der Waals surface area contributed by atoms with Crippen molar-refractivity contribution in [3.8, 4) is 5.75 Å². The summed E-state index contributed by atoms with van der Waals surface area (Å²) < 4.78 is 31.8. The SMILES string of the molecule is CCc1ccc(N(CCCC(=O)N(Cc2cccc(OC)c2)[C@H](CC)C(=O)NC2CCCC2)S(C)(=O)=O)cc1. The van der Waals surface area contributed by atoms with E-state index in [0.717, 1.165) is 43.2 Å². The summed E-state index contributed by atoms with van der Waals surface area (Å²) in [5, 5.41) is 3.15. The van der Waals surface area contributed by atoms with Crippen molar-refractivity contribution in [2.75, 3.05) is 24.2 Å². The molecule has 1 aliphatic carbocycles. The van der Waals surface area contributed by atoms with Gasteiger partial charge in [-0.05, 0) is 67.5 Å². The molecular formula is C30H43N3O5S. The molecule has 39 heavy (non-hydrogen) atoms. The van der Waals surface area contributed by atoms with Gasteiger partial charge in [0.25, 0.3) is 0 Å². The number of carbonyl (C=O) groups excluding carboxylic acids is 2. The van der Waals surface area contributed by atoms with Gasteiger partial charge >= 0.3 is 0 Å². The van der Waals surface area contributed by atoms with Gasteiger partial charge in [-0.2, -0.15) is 0 Å². The minimum Gasteiger partial charge on any atom is -0.497 e. The Hall–Kier alpha value is -3.07. The summed E-state index contributed by atoms with van der Waals surface area (Å²) in [7, 11) is -1.94. The normalized spacial score (nSPS) is 14.6. The number of aryl methyl sites for hydroxylation is 1. The van der Waals surface area contributed by atoms with Gasteiger partial charge in [0.05, 0.1) is 19.1 Å². The highest BCUT2D eigenvalue weighted by Gasteiger charge is 2.30. The number of nitrogens with one attached hydrogen (secondary N) is 1. The number of hydrogen-bond acceptors (Lipinski definition) is 5. The minimum atomic E-state index is -3.53. The molecular weight excluding hydrogens is 514 g/mol. The highest BCUT2D eigenvalue weighted by atomic mass is 32.2. The van der Waals surface area contributed by atoms with E-state index in [-0.39, 0.29) is 37.4 Å². The lowest BCUT2D eigenvalue weighted by atomic mass is 10.1. The predicted molar refractivity (Wildman–Crippen MR) is 155 cm³/mol. The standard InChI is InChI=1S/C30H43N3O5S/c1-5-23-16-18-26(19-17-23)33(39(4,36)37)20-10-15-29(34)32(22-24-11-9-14-27(21-24)38-3)28(6-2)30(35)31-25-12-7-8-13-25/h9,11,14,16-19,21,25,28H,5-8,10,12-13,15,20,22H2,1-4H3,(H,31,35)/t28-/m1/s1. The van der Waals surface area contributed by atoms with Crippen LogP contribution in [-0.2, 0) is 32.6 Å². The Morgan fingerprint density at radius 3 is 2.33 bits per heavy atom. The smallest absolute Gasteiger partial charge is 0.243 e. The monoisotopic (exact) mass is 557 g/mol. The molecule has 0 saturated heterocycles. The maximum absolute atomic E-state index is 13.6. The average molecular weight is 558 g/mol. The van der Waals surface area contributed by atoms with Crippen molar-refractivity contribution < 1.29 is 22.7 Å². The number of amides is 2. The largest absolute Gasteiger partial charge is 0.497 e. The number of anilines is 1. The van der Waals surface area contributed by atoms with Crippen LogP contribution in [0.3, 0.4) is 0 Å². The van der Waals surface area contributed by atoms with Gasteiger partial charge in [0.2, 0.25) is 21.8 Å². The second kappa shape index (κ2) is 14.4. The van der Waals surface area contributed by atoms with Crippen LogP contribution in [0.5, 0.6) is 5.75 Å². The molecule has 0 unspecified atom stereocenters. The molecule has 1 atom stereocenters. The fourth-order valence-electron chi connectivity index (χ4n) is 5.16. The lowest BCUT2D eigenvalue weighted by molar-refractivity contribution is -0.141. The van der Waals surface area contributed by atoms with Crippen molar-refractivity contribution in [3.05, 3.63) is 59.7 Å². The maximum atomic E-state index is 13.6. The molecule has 3 rings (SSSR count). The van der Waals surface area contributed by atoms with E-state index in [0.29, 0.717) is 24.3 Å². The predicted octanol–water partition coefficient (Wildman–Crippen LogP) is 4.67. The molecule has 1 N–H and O–H groups in total. The number of rotatable bonds is 14. The van der Waals surface area contributed by atoms with Crippen molar-refractivity contribution in [2.45, 2.75) is 83.8 Å². The lowest BCUT2D eigenvalue weighted by Crippen LogP contribution is -2.51. The fraction of sp³-hybridized carbons (Fsp3) is 0.533. The molecule has 2 aromatic rings. The van der Waals surface area contributed by atoms with Gasteiger partial charge in [-0.3, -0.25) is 13.9 Å². The van der Waals surface area contributed by atoms with Gasteiger partial charge in [-0.15, -0.1) is 0 Å². The van der Waals surface area contributed by atoms with E-state index >= 15 is 0 Å². The first-order valence-corrected chi connectivity index (χ1v) is 15.8. The first-order chi connectivity index (χ1) is 18.7. The van der Waals surface area contributed by atoms with Crippen LogP contribution in [0.4, 0.5) is 5.69 Å². The van der Waals surface area contributed by atoms with Crippen LogP contribution in [-0.4, -0.2) is 57.1 Å². The molecule has 1 fully saturated rings. The van der Waals surface area contributed by atoms with Gasteiger partial charge in [0.1, 0.15) is 11.8 Å². The van der Waals surface area contributed by atoms with E-state index in [4.69, 9.17) is 4.74 Å². The maximum Gasteiger partial charge on any atom is 0.243 e. The Bertz CT molecular complexity index is 1190. The number of hydrogen-bond donors (Lipinski definition) is 1. The summed E-state index contributed by atoms with van der Waals surface area (Å²) >= 11 is 0. The quantitative estimate of drug-likeness (QED) is 0.364. The fourth-order valence-corrected chi connectivity index (χ4v) is 6.12. The summed E-state index contributed by atoms with van der Waals surface area (Å²) in [6.07, 6.45) is 7.11. The molecule has 2 amide bonds. The summed E-state index contributed by atoms with van der Waals surface area (Å²) in [6.45, 7) is 4.40. The Morgan fingerprint density at radius 2 is 1.74 bits per heavy atom.